The van der Waals surface area contributed by atoms with Crippen molar-refractivity contribution in [2.45, 2.75) is 17.9 Å². The molecule has 1 atom stereocenters. The van der Waals surface area contributed by atoms with Crippen LogP contribution in [0.5, 0.6) is 0 Å². The largest absolute Gasteiger partial charge is 0.348 e. The Kier molecular flexibility index (Phi) is 6.02. The van der Waals surface area contributed by atoms with E-state index in [4.69, 9.17) is 4.84 Å². The van der Waals surface area contributed by atoms with Gasteiger partial charge >= 0.3 is 0 Å². The van der Waals surface area contributed by atoms with Crippen molar-refractivity contribution >= 4 is 15.9 Å². The molecule has 128 valence electrons. The molecular weight excluding hydrogens is 335 g/mol. The van der Waals surface area contributed by atoms with Crippen molar-refractivity contribution in [3.05, 3.63) is 66.0 Å². The summed E-state index contributed by atoms with van der Waals surface area (Å²) in [6, 6.07) is 13.3. The first-order chi connectivity index (χ1) is 11.4. The quantitative estimate of drug-likeness (QED) is 0.746. The van der Waals surface area contributed by atoms with Crippen LogP contribution in [0.3, 0.4) is 0 Å². The van der Waals surface area contributed by atoms with Crippen LogP contribution in [-0.2, 0) is 19.7 Å². The van der Waals surface area contributed by atoms with Gasteiger partial charge in [-0.05, 0) is 36.8 Å². The fourth-order valence-corrected chi connectivity index (χ4v) is 2.75. The number of carbonyl (C=O) groups excluding carboxylic acids is 1. The second kappa shape index (κ2) is 8.00. The van der Waals surface area contributed by atoms with Gasteiger partial charge in [0.25, 0.3) is 10.0 Å². The normalized spacial score (nSPS) is 12.6. The Bertz CT molecular complexity index is 779. The van der Waals surface area contributed by atoms with Crippen molar-refractivity contribution in [3.63, 3.8) is 0 Å². The van der Waals surface area contributed by atoms with Crippen LogP contribution >= 0.6 is 0 Å². The summed E-state index contributed by atoms with van der Waals surface area (Å²) in [4.78, 5) is 18.2. The number of halogens is 1. The molecule has 2 rings (SSSR count). The van der Waals surface area contributed by atoms with Crippen molar-refractivity contribution in [1.82, 2.24) is 10.2 Å². The van der Waals surface area contributed by atoms with Crippen LogP contribution in [0.4, 0.5) is 4.39 Å². The molecule has 0 aliphatic carbocycles. The molecule has 0 aliphatic heterocycles. The van der Waals surface area contributed by atoms with Gasteiger partial charge < -0.3 is 5.32 Å². The van der Waals surface area contributed by atoms with Crippen molar-refractivity contribution in [3.8, 4) is 0 Å². The summed E-state index contributed by atoms with van der Waals surface area (Å²) >= 11 is 0. The third-order valence-corrected chi connectivity index (χ3v) is 4.40. The minimum Gasteiger partial charge on any atom is -0.348 e. The highest BCUT2D eigenvalue weighted by atomic mass is 32.2. The van der Waals surface area contributed by atoms with E-state index in [-0.39, 0.29) is 10.9 Å². The Morgan fingerprint density at radius 1 is 1.12 bits per heavy atom. The molecule has 6 nitrogen and oxygen atoms in total. The molecular formula is C16H17FN2O4S. The van der Waals surface area contributed by atoms with E-state index in [1.807, 2.05) is 35.2 Å². The van der Waals surface area contributed by atoms with Crippen molar-refractivity contribution in [2.75, 3.05) is 6.61 Å². The molecule has 0 bridgehead atoms. The Labute approximate surface area is 139 Å². The number of hydrogen-bond donors (Lipinski definition) is 2. The molecule has 0 unspecified atom stereocenters. The first-order valence-corrected chi connectivity index (χ1v) is 8.60. The fourth-order valence-electron chi connectivity index (χ4n) is 1.94. The highest BCUT2D eigenvalue weighted by molar-refractivity contribution is 7.89. The molecule has 0 fully saturated rings. The van der Waals surface area contributed by atoms with Gasteiger partial charge in [0.1, 0.15) is 12.4 Å². The standard InChI is InChI=1S/C16H17FN2O4S/c1-12(13-5-3-2-4-6-13)18-16(20)11-23-19-24(21,22)15-9-7-14(17)8-10-15/h2-10,12,19H,11H2,1H3,(H,18,20)/t12-/m1/s1. The number of sulfonamides is 1. The van der Waals surface area contributed by atoms with Gasteiger partial charge in [0.2, 0.25) is 5.91 Å². The zero-order valence-electron chi connectivity index (χ0n) is 12.9. The molecule has 0 spiro atoms. The Hall–Kier alpha value is -2.29. The van der Waals surface area contributed by atoms with Gasteiger partial charge in [0, 0.05) is 0 Å². The molecule has 24 heavy (non-hydrogen) atoms. The Morgan fingerprint density at radius 3 is 2.38 bits per heavy atom. The second-order valence-corrected chi connectivity index (χ2v) is 6.67. The lowest BCUT2D eigenvalue weighted by molar-refractivity contribution is -0.127. The van der Waals surface area contributed by atoms with Gasteiger partial charge in [-0.25, -0.2) is 12.8 Å². The van der Waals surface area contributed by atoms with E-state index in [1.165, 1.54) is 0 Å². The number of rotatable bonds is 7. The lowest BCUT2D eigenvalue weighted by atomic mass is 10.1. The lowest BCUT2D eigenvalue weighted by Gasteiger charge is -2.14. The minimum absolute atomic E-state index is 0.165. The highest BCUT2D eigenvalue weighted by Crippen LogP contribution is 2.11. The van der Waals surface area contributed by atoms with Crippen LogP contribution in [0.1, 0.15) is 18.5 Å². The smallest absolute Gasteiger partial charge is 0.262 e. The molecule has 0 radical (unpaired) electrons. The molecule has 8 heteroatoms. The third-order valence-electron chi connectivity index (χ3n) is 3.17. The number of carbonyl (C=O) groups is 1. The molecule has 2 aromatic carbocycles. The minimum atomic E-state index is -3.97. The zero-order valence-corrected chi connectivity index (χ0v) is 13.7. The van der Waals surface area contributed by atoms with Crippen LogP contribution in [-0.4, -0.2) is 20.9 Å². The predicted molar refractivity (Wildman–Crippen MR) is 85.7 cm³/mol. The van der Waals surface area contributed by atoms with E-state index in [0.29, 0.717) is 0 Å². The third kappa shape index (κ3) is 5.12. The average Bonchev–Trinajstić information content (AvgIpc) is 2.56. The van der Waals surface area contributed by atoms with E-state index < -0.39 is 28.4 Å². The van der Waals surface area contributed by atoms with E-state index in [0.717, 1.165) is 29.8 Å². The van der Waals surface area contributed by atoms with Gasteiger partial charge in [-0.3, -0.25) is 9.63 Å². The average molecular weight is 352 g/mol. The number of nitrogens with one attached hydrogen (secondary N) is 2. The van der Waals surface area contributed by atoms with Crippen LogP contribution in [0.15, 0.2) is 59.5 Å². The van der Waals surface area contributed by atoms with Gasteiger partial charge in [-0.15, -0.1) is 0 Å². The summed E-state index contributed by atoms with van der Waals surface area (Å²) in [5, 5.41) is 2.68. The maximum absolute atomic E-state index is 12.8. The van der Waals surface area contributed by atoms with E-state index in [9.17, 15) is 17.6 Å². The van der Waals surface area contributed by atoms with Crippen LogP contribution in [0, 0.1) is 5.82 Å². The number of benzene rings is 2. The molecule has 0 aromatic heterocycles. The molecule has 1 amide bonds. The highest BCUT2D eigenvalue weighted by Gasteiger charge is 2.15. The van der Waals surface area contributed by atoms with Crippen molar-refractivity contribution < 1.29 is 22.4 Å². The molecule has 0 heterocycles. The maximum Gasteiger partial charge on any atom is 0.262 e. The Morgan fingerprint density at radius 2 is 1.75 bits per heavy atom. The monoisotopic (exact) mass is 352 g/mol. The summed E-state index contributed by atoms with van der Waals surface area (Å²) < 4.78 is 36.6. The van der Waals surface area contributed by atoms with Crippen molar-refractivity contribution in [2.24, 2.45) is 0 Å². The number of amides is 1. The Balaban J connectivity index is 1.83. The SMILES string of the molecule is C[C@@H](NC(=O)CONS(=O)(=O)c1ccc(F)cc1)c1ccccc1. The molecule has 2 aromatic rings. The van der Waals surface area contributed by atoms with Crippen molar-refractivity contribution in [1.29, 1.82) is 0 Å². The molecule has 2 N–H and O–H groups in total. The van der Waals surface area contributed by atoms with Gasteiger partial charge in [-0.2, -0.15) is 0 Å². The van der Waals surface area contributed by atoms with E-state index >= 15 is 0 Å². The second-order valence-electron chi connectivity index (χ2n) is 5.03. The molecule has 0 saturated heterocycles. The maximum atomic E-state index is 12.8. The molecule has 0 aliphatic rings. The van der Waals surface area contributed by atoms with Crippen LogP contribution < -0.4 is 10.2 Å². The first kappa shape index (κ1) is 18.1. The predicted octanol–water partition coefficient (Wildman–Crippen LogP) is 1.91. The van der Waals surface area contributed by atoms with E-state index in [1.54, 1.807) is 6.92 Å². The summed E-state index contributed by atoms with van der Waals surface area (Å²) in [6.07, 6.45) is 0. The zero-order chi connectivity index (χ0) is 17.6. The van der Waals surface area contributed by atoms with E-state index in [2.05, 4.69) is 5.32 Å². The summed E-state index contributed by atoms with van der Waals surface area (Å²) in [6.45, 7) is 1.31. The lowest BCUT2D eigenvalue weighted by Crippen LogP contribution is -2.34. The van der Waals surface area contributed by atoms with Gasteiger partial charge in [-0.1, -0.05) is 35.2 Å². The van der Waals surface area contributed by atoms with Gasteiger partial charge in [0.15, 0.2) is 0 Å². The van der Waals surface area contributed by atoms with Gasteiger partial charge in [0.05, 0.1) is 10.9 Å². The van der Waals surface area contributed by atoms with Crippen LogP contribution in [0.2, 0.25) is 0 Å². The number of hydrogen-bond acceptors (Lipinski definition) is 4. The summed E-state index contributed by atoms with van der Waals surface area (Å²) in [5.74, 6) is -1.03. The van der Waals surface area contributed by atoms with Crippen LogP contribution in [0.25, 0.3) is 0 Å². The summed E-state index contributed by atoms with van der Waals surface area (Å²) in [7, 11) is -3.97. The first-order valence-electron chi connectivity index (χ1n) is 7.12. The fraction of sp³-hybridized carbons (Fsp3) is 0.188. The summed E-state index contributed by atoms with van der Waals surface area (Å²) in [5.41, 5.74) is 0.915. The molecule has 0 saturated carbocycles. The topological polar surface area (TPSA) is 84.5 Å².